The van der Waals surface area contributed by atoms with Gasteiger partial charge in [-0.1, -0.05) is 12.1 Å². The molecule has 0 aliphatic carbocycles. The number of hydrogen-bond acceptors (Lipinski definition) is 7. The minimum absolute atomic E-state index is 0.715. The third kappa shape index (κ3) is 141. The zero-order chi connectivity index (χ0) is 13.4. The van der Waals surface area contributed by atoms with Crippen molar-refractivity contribution in [1.29, 1.82) is 10.8 Å². The molecule has 0 bridgehead atoms. The molecule has 7 nitrogen and oxygen atoms in total. The van der Waals surface area contributed by atoms with Crippen LogP contribution in [0, 0.1) is 10.8 Å². The molecule has 16 heavy (non-hydrogen) atoms. The van der Waals surface area contributed by atoms with Crippen molar-refractivity contribution in [2.45, 2.75) is 0 Å². The highest BCUT2D eigenvalue weighted by Crippen LogP contribution is 1.91. The van der Waals surface area contributed by atoms with Crippen molar-refractivity contribution in [2.75, 3.05) is 6.26 Å². The van der Waals surface area contributed by atoms with Gasteiger partial charge >= 0.3 is 0 Å². The predicted molar refractivity (Wildman–Crippen MR) is 58.6 cm³/mol. The van der Waals surface area contributed by atoms with Crippen LogP contribution in [-0.2, 0) is 19.7 Å². The monoisotopic (exact) mass is 266 g/mol. The summed E-state index contributed by atoms with van der Waals surface area (Å²) in [6.07, 6.45) is 2.22. The summed E-state index contributed by atoms with van der Waals surface area (Å²) in [6.45, 7) is 0. The van der Waals surface area contributed by atoms with E-state index >= 15 is 0 Å². The molecular formula is C7H10N2O5S2. The fourth-order valence-electron chi connectivity index (χ4n) is 0.227. The lowest BCUT2D eigenvalue weighted by Crippen LogP contribution is -1.88. The van der Waals surface area contributed by atoms with E-state index in [0.717, 1.165) is 12.2 Å². The number of hydrogen-bond donors (Lipinski definition) is 3. The Morgan fingerprint density at radius 1 is 1.12 bits per heavy atom. The Kier molecular flexibility index (Phi) is 19.7. The first-order valence-electron chi connectivity index (χ1n) is 3.30. The third-order valence-corrected chi connectivity index (χ3v) is 1.05. The second kappa shape index (κ2) is 15.8. The first-order valence-corrected chi connectivity index (χ1v) is 6.09. The molecule has 90 valence electrons. The fourth-order valence-corrected chi connectivity index (χ4v) is 0.680. The average molecular weight is 266 g/mol. The van der Waals surface area contributed by atoms with Crippen molar-refractivity contribution in [3.05, 3.63) is 22.9 Å². The van der Waals surface area contributed by atoms with Gasteiger partial charge in [-0.25, -0.2) is 20.4 Å². The van der Waals surface area contributed by atoms with Gasteiger partial charge in [0, 0.05) is 0 Å². The van der Waals surface area contributed by atoms with E-state index in [1.807, 2.05) is 22.9 Å². The minimum atomic E-state index is -3.67. The van der Waals surface area contributed by atoms with Gasteiger partial charge in [-0.05, 0) is 10.8 Å². The van der Waals surface area contributed by atoms with Crippen molar-refractivity contribution in [3.63, 3.8) is 0 Å². The lowest BCUT2D eigenvalue weighted by Gasteiger charge is -1.69. The highest BCUT2D eigenvalue weighted by Gasteiger charge is 1.81. The maximum atomic E-state index is 9.19. The predicted octanol–water partition coefficient (Wildman–Crippen LogP) is 1.05. The molecular weight excluding hydrogens is 256 g/mol. The number of isocyanates is 2. The van der Waals surface area contributed by atoms with Crippen molar-refractivity contribution < 1.29 is 22.6 Å². The molecule has 1 heterocycles. The second-order valence-corrected chi connectivity index (χ2v) is 4.01. The molecule has 0 saturated carbocycles. The standard InChI is InChI=1S/C4H4S.2CHNO.CH4O3S/c1-2-4-5-3-1;2*2-1-3;1-5(2,3)4/h1-4H;2*2H;1H3,(H,2,3,4). The zero-order valence-corrected chi connectivity index (χ0v) is 9.84. The van der Waals surface area contributed by atoms with Gasteiger partial charge in [-0.3, -0.25) is 4.55 Å². The summed E-state index contributed by atoms with van der Waals surface area (Å²) in [7, 11) is -3.67. The molecule has 9 heteroatoms. The van der Waals surface area contributed by atoms with Gasteiger partial charge < -0.3 is 0 Å². The highest BCUT2D eigenvalue weighted by atomic mass is 32.2. The van der Waals surface area contributed by atoms with E-state index in [9.17, 15) is 8.42 Å². The average Bonchev–Trinajstić information content (AvgIpc) is 2.58. The van der Waals surface area contributed by atoms with Gasteiger partial charge in [0.1, 0.15) is 0 Å². The van der Waals surface area contributed by atoms with Crippen LogP contribution >= 0.6 is 11.3 Å². The van der Waals surface area contributed by atoms with Gasteiger partial charge in [0.2, 0.25) is 12.2 Å². The van der Waals surface area contributed by atoms with E-state index in [2.05, 4.69) is 0 Å². The number of thiophene rings is 1. The topological polar surface area (TPSA) is 136 Å². The van der Waals surface area contributed by atoms with E-state index in [0.29, 0.717) is 6.26 Å². The minimum Gasteiger partial charge on any atom is -0.286 e. The van der Waals surface area contributed by atoms with E-state index in [4.69, 9.17) is 25.0 Å². The summed E-state index contributed by atoms with van der Waals surface area (Å²) in [4.78, 5) is 16.7. The lowest BCUT2D eigenvalue weighted by atomic mass is 10.7. The van der Waals surface area contributed by atoms with E-state index < -0.39 is 10.1 Å². The van der Waals surface area contributed by atoms with Crippen LogP contribution in [0.5, 0.6) is 0 Å². The summed E-state index contributed by atoms with van der Waals surface area (Å²) in [5.41, 5.74) is 0. The van der Waals surface area contributed by atoms with Gasteiger partial charge in [-0.15, -0.1) is 0 Å². The van der Waals surface area contributed by atoms with Crippen LogP contribution in [0.3, 0.4) is 0 Å². The molecule has 1 aromatic heterocycles. The first kappa shape index (κ1) is 19.9. The van der Waals surface area contributed by atoms with Crippen LogP contribution in [0.15, 0.2) is 22.9 Å². The maximum absolute atomic E-state index is 9.19. The molecule has 0 unspecified atom stereocenters. The number of rotatable bonds is 0. The molecule has 0 aliphatic heterocycles. The highest BCUT2D eigenvalue weighted by molar-refractivity contribution is 7.85. The van der Waals surface area contributed by atoms with Gasteiger partial charge in [0.25, 0.3) is 10.1 Å². The summed E-state index contributed by atoms with van der Waals surface area (Å²) in [6, 6.07) is 4.04. The van der Waals surface area contributed by atoms with Gasteiger partial charge in [0.15, 0.2) is 0 Å². The number of carbonyl (C=O) groups excluding carboxylic acids is 2. The molecule has 0 aliphatic rings. The quantitative estimate of drug-likeness (QED) is 0.366. The molecule has 0 aromatic carbocycles. The first-order chi connectivity index (χ1) is 7.33. The molecule has 0 amide bonds. The van der Waals surface area contributed by atoms with Crippen molar-refractivity contribution in [3.8, 4) is 0 Å². The lowest BCUT2D eigenvalue weighted by molar-refractivity contribution is 0.490. The van der Waals surface area contributed by atoms with Crippen LogP contribution < -0.4 is 0 Å². The Bertz CT molecular complexity index is 349. The smallest absolute Gasteiger partial charge is 0.261 e. The van der Waals surface area contributed by atoms with Crippen LogP contribution in [0.2, 0.25) is 0 Å². The van der Waals surface area contributed by atoms with E-state index in [-0.39, 0.29) is 0 Å². The molecule has 1 aromatic rings. The molecule has 0 fully saturated rings. The normalized spacial score (nSPS) is 7.12. The van der Waals surface area contributed by atoms with Crippen LogP contribution in [0.25, 0.3) is 0 Å². The Morgan fingerprint density at radius 2 is 1.31 bits per heavy atom. The Morgan fingerprint density at radius 3 is 1.38 bits per heavy atom. The molecule has 1 rings (SSSR count). The molecule has 0 spiro atoms. The summed E-state index contributed by atoms with van der Waals surface area (Å²) in [5, 5.41) is 14.9. The molecule has 0 atom stereocenters. The molecule has 0 radical (unpaired) electrons. The Labute approximate surface area is 96.5 Å². The maximum Gasteiger partial charge on any atom is 0.261 e. The third-order valence-electron chi connectivity index (χ3n) is 0.425. The Hall–Kier alpha value is -1.63. The fraction of sp³-hybridized carbons (Fsp3) is 0.143. The van der Waals surface area contributed by atoms with Crippen LogP contribution in [0.1, 0.15) is 0 Å². The van der Waals surface area contributed by atoms with E-state index in [1.54, 1.807) is 11.3 Å². The number of nitrogens with one attached hydrogen (secondary N) is 2. The summed E-state index contributed by atoms with van der Waals surface area (Å²) >= 11 is 1.71. The molecule has 3 N–H and O–H groups in total. The van der Waals surface area contributed by atoms with Crippen molar-refractivity contribution in [1.82, 2.24) is 0 Å². The van der Waals surface area contributed by atoms with Gasteiger partial charge in [-0.2, -0.15) is 19.8 Å². The second-order valence-electron chi connectivity index (χ2n) is 1.73. The zero-order valence-electron chi connectivity index (χ0n) is 8.21. The van der Waals surface area contributed by atoms with Crippen molar-refractivity contribution >= 4 is 33.6 Å². The SMILES string of the molecule is CS(=O)(=O)O.N=C=O.N=C=O.c1ccsc1. The summed E-state index contributed by atoms with van der Waals surface area (Å²) in [5.74, 6) is 0. The van der Waals surface area contributed by atoms with Gasteiger partial charge in [0.05, 0.1) is 6.26 Å². The Balaban J connectivity index is -0.000000146. The van der Waals surface area contributed by atoms with E-state index in [1.165, 1.54) is 0 Å². The summed E-state index contributed by atoms with van der Waals surface area (Å²) < 4.78 is 25.9. The van der Waals surface area contributed by atoms with Crippen LogP contribution in [0.4, 0.5) is 0 Å². The van der Waals surface area contributed by atoms with Crippen LogP contribution in [-0.4, -0.2) is 31.4 Å². The largest absolute Gasteiger partial charge is 0.286 e. The molecule has 0 saturated heterocycles. The van der Waals surface area contributed by atoms with Crippen molar-refractivity contribution in [2.24, 2.45) is 0 Å².